The first kappa shape index (κ1) is 21.5. The number of hydrogen-bond acceptors (Lipinski definition) is 4. The summed E-state index contributed by atoms with van der Waals surface area (Å²) in [6.07, 6.45) is 13.6. The van der Waals surface area contributed by atoms with Gasteiger partial charge in [-0.1, -0.05) is 15.9 Å². The molecule has 2 heterocycles. The number of alkyl halides is 1. The molecule has 7 heteroatoms. The number of aromatic nitrogens is 3. The van der Waals surface area contributed by atoms with Crippen molar-refractivity contribution in [2.24, 2.45) is 29.4 Å². The van der Waals surface area contributed by atoms with Gasteiger partial charge in [-0.2, -0.15) is 10.2 Å². The molecule has 1 amide bonds. The summed E-state index contributed by atoms with van der Waals surface area (Å²) >= 11 is 4.12. The summed E-state index contributed by atoms with van der Waals surface area (Å²) < 4.78 is 2.21. The van der Waals surface area contributed by atoms with E-state index in [-0.39, 0.29) is 5.91 Å². The summed E-state index contributed by atoms with van der Waals surface area (Å²) in [5, 5.41) is 10.4. The summed E-state index contributed by atoms with van der Waals surface area (Å²) in [6, 6.07) is 2.02. The Kier molecular flexibility index (Phi) is 4.67. The number of nitrogens with zero attached hydrogens (tertiary/aromatic N) is 4. The van der Waals surface area contributed by atoms with Crippen molar-refractivity contribution in [2.45, 2.75) is 93.7 Å². The van der Waals surface area contributed by atoms with E-state index >= 15 is 0 Å². The zero-order valence-electron chi connectivity index (χ0n) is 20.2. The predicted octanol–water partition coefficient (Wildman–Crippen LogP) is 5.95. The van der Waals surface area contributed by atoms with Crippen LogP contribution in [0.4, 0.5) is 0 Å². The molecule has 0 aliphatic heterocycles. The van der Waals surface area contributed by atoms with Crippen LogP contribution in [0.5, 0.6) is 0 Å². The quantitative estimate of drug-likeness (QED) is 0.288. The monoisotopic (exact) mass is 523 g/mol. The van der Waals surface area contributed by atoms with Crippen molar-refractivity contribution in [3.8, 4) is 0 Å². The first-order chi connectivity index (χ1) is 16.3. The van der Waals surface area contributed by atoms with Gasteiger partial charge in [0, 0.05) is 34.6 Å². The number of pyridine rings is 1. The van der Waals surface area contributed by atoms with Crippen molar-refractivity contribution in [1.82, 2.24) is 20.2 Å². The highest BCUT2D eigenvalue weighted by atomic mass is 79.9. The van der Waals surface area contributed by atoms with Crippen molar-refractivity contribution in [1.29, 1.82) is 0 Å². The Bertz CT molecular complexity index is 1210. The fraction of sp³-hybridized carbons (Fsp3) is 0.704. The zero-order valence-corrected chi connectivity index (χ0v) is 21.8. The molecule has 2 aromatic heterocycles. The lowest BCUT2D eigenvalue weighted by molar-refractivity contribution is -0.0303. The summed E-state index contributed by atoms with van der Waals surface area (Å²) in [6.45, 7) is 2.09. The molecule has 4 bridgehead atoms. The highest BCUT2D eigenvalue weighted by Gasteiger charge is 2.56. The third kappa shape index (κ3) is 3.64. The van der Waals surface area contributed by atoms with E-state index < -0.39 is 0 Å². The Hall–Kier alpha value is -1.76. The Morgan fingerprint density at radius 1 is 1.18 bits per heavy atom. The Morgan fingerprint density at radius 2 is 1.88 bits per heavy atom. The van der Waals surface area contributed by atoms with E-state index in [0.29, 0.717) is 27.1 Å². The molecule has 0 radical (unpaired) electrons. The fourth-order valence-corrected chi connectivity index (χ4v) is 9.55. The van der Waals surface area contributed by atoms with Crippen molar-refractivity contribution < 1.29 is 4.79 Å². The second kappa shape index (κ2) is 7.37. The fourth-order valence-electron chi connectivity index (χ4n) is 8.04. The summed E-state index contributed by atoms with van der Waals surface area (Å²) in [7, 11) is 1.95. The predicted molar refractivity (Wildman–Crippen MR) is 136 cm³/mol. The van der Waals surface area contributed by atoms with E-state index in [0.717, 1.165) is 72.1 Å². The maximum Gasteiger partial charge on any atom is 0.272 e. The maximum absolute atomic E-state index is 13.5. The topological polar surface area (TPSA) is 72.2 Å². The first-order valence-corrected chi connectivity index (χ1v) is 14.0. The molecular weight excluding hydrogens is 490 g/mol. The van der Waals surface area contributed by atoms with E-state index in [9.17, 15) is 4.79 Å². The van der Waals surface area contributed by atoms with E-state index in [1.54, 1.807) is 0 Å². The number of amides is 1. The Morgan fingerprint density at radius 3 is 2.53 bits per heavy atom. The van der Waals surface area contributed by atoms with Crippen LogP contribution in [-0.2, 0) is 7.05 Å². The molecule has 6 aliphatic carbocycles. The van der Waals surface area contributed by atoms with Crippen molar-refractivity contribution >= 4 is 38.6 Å². The van der Waals surface area contributed by atoms with Crippen molar-refractivity contribution in [3.63, 3.8) is 0 Å². The van der Waals surface area contributed by atoms with Gasteiger partial charge in [-0.25, -0.2) is 10.4 Å². The van der Waals surface area contributed by atoms with Gasteiger partial charge in [0.15, 0.2) is 5.65 Å². The van der Waals surface area contributed by atoms with Crippen LogP contribution in [-0.4, -0.2) is 30.7 Å². The second-order valence-corrected chi connectivity index (χ2v) is 14.1. The van der Waals surface area contributed by atoms with Crippen LogP contribution < -0.4 is 5.43 Å². The van der Waals surface area contributed by atoms with Crippen molar-refractivity contribution in [3.05, 3.63) is 23.0 Å². The van der Waals surface area contributed by atoms with Gasteiger partial charge in [0.1, 0.15) is 0 Å². The molecule has 6 nitrogen and oxygen atoms in total. The number of hydrazone groups is 1. The summed E-state index contributed by atoms with van der Waals surface area (Å²) in [4.78, 5) is 18.4. The molecule has 6 aliphatic rings. The highest BCUT2D eigenvalue weighted by Crippen LogP contribution is 2.65. The number of fused-ring (bicyclic) bond motifs is 1. The largest absolute Gasteiger partial charge is 0.272 e. The SMILES string of the molecule is C/C(CC12C[C@H]3C[C@@H](CC(Br)(C3)C1)C2)=N\NC(=O)c1cc(C2CC2)nc2c1c(C1CC1)nn2C. The smallest absolute Gasteiger partial charge is 0.267 e. The van der Waals surface area contributed by atoms with Gasteiger partial charge in [-0.15, -0.1) is 0 Å². The lowest BCUT2D eigenvalue weighted by atomic mass is 9.48. The zero-order chi connectivity index (χ0) is 23.2. The number of nitrogens with one attached hydrogen (secondary N) is 1. The lowest BCUT2D eigenvalue weighted by Crippen LogP contribution is -2.53. The van der Waals surface area contributed by atoms with Crippen LogP contribution in [0.15, 0.2) is 11.2 Å². The molecule has 2 atom stereocenters. The molecule has 6 fully saturated rings. The Labute approximate surface area is 209 Å². The third-order valence-electron chi connectivity index (χ3n) is 9.13. The minimum Gasteiger partial charge on any atom is -0.267 e. The standard InChI is InChI=1S/C27H34BrN5O/c1-15(9-26-10-16-7-17(11-26)13-27(28,12-16)14-26)30-31-25(34)20-8-21(18-3-4-18)29-24-22(20)23(19-5-6-19)32-33(24)2/h8,16-19H,3-7,9-14H2,1-2H3,(H,31,34)/b30-15+/t16-,17-,26?,27?/m1/s1. The molecule has 0 saturated heterocycles. The van der Waals surface area contributed by atoms with E-state index in [1.165, 1.54) is 38.5 Å². The van der Waals surface area contributed by atoms with Crippen molar-refractivity contribution in [2.75, 3.05) is 0 Å². The molecule has 0 spiro atoms. The molecule has 34 heavy (non-hydrogen) atoms. The molecule has 180 valence electrons. The van der Waals surface area contributed by atoms with Gasteiger partial charge < -0.3 is 0 Å². The van der Waals surface area contributed by atoms with Crippen LogP contribution in [0.1, 0.15) is 111 Å². The second-order valence-electron chi connectivity index (χ2n) is 12.4. The normalized spacial score (nSPS) is 34.7. The number of halogens is 1. The molecule has 8 rings (SSSR count). The third-order valence-corrected chi connectivity index (χ3v) is 10.1. The maximum atomic E-state index is 13.5. The van der Waals surface area contributed by atoms with Gasteiger partial charge in [0.2, 0.25) is 0 Å². The van der Waals surface area contributed by atoms with Gasteiger partial charge >= 0.3 is 0 Å². The summed E-state index contributed by atoms with van der Waals surface area (Å²) in [5.74, 6) is 2.54. The summed E-state index contributed by atoms with van der Waals surface area (Å²) in [5.41, 5.74) is 7.95. The van der Waals surface area contributed by atoms with Crippen LogP contribution >= 0.6 is 15.9 Å². The average molecular weight is 525 g/mol. The lowest BCUT2D eigenvalue weighted by Gasteiger charge is -2.60. The first-order valence-electron chi connectivity index (χ1n) is 13.2. The molecular formula is C27H34BrN5O. The number of carbonyl (C=O) groups excluding carboxylic acids is 1. The van der Waals surface area contributed by atoms with Crippen LogP contribution in [0, 0.1) is 17.3 Å². The molecule has 0 aromatic carbocycles. The average Bonchev–Trinajstić information content (AvgIpc) is 3.67. The number of hydrogen-bond donors (Lipinski definition) is 1. The Balaban J connectivity index is 1.15. The number of aryl methyl sites for hydroxylation is 1. The number of rotatable bonds is 6. The van der Waals surface area contributed by atoms with Crippen LogP contribution in [0.3, 0.4) is 0 Å². The van der Waals surface area contributed by atoms with Crippen LogP contribution in [0.2, 0.25) is 0 Å². The van der Waals surface area contributed by atoms with Gasteiger partial charge in [0.25, 0.3) is 5.91 Å². The van der Waals surface area contributed by atoms with Crippen LogP contribution in [0.25, 0.3) is 11.0 Å². The van der Waals surface area contributed by atoms with Gasteiger partial charge in [0.05, 0.1) is 16.6 Å². The van der Waals surface area contributed by atoms with E-state index in [4.69, 9.17) is 10.1 Å². The minimum atomic E-state index is -0.119. The molecule has 2 aromatic rings. The molecule has 6 saturated carbocycles. The van der Waals surface area contributed by atoms with Gasteiger partial charge in [-0.05, 0) is 101 Å². The number of carbonyl (C=O) groups is 1. The van der Waals surface area contributed by atoms with E-state index in [1.807, 2.05) is 17.8 Å². The molecule has 0 unspecified atom stereocenters. The van der Waals surface area contributed by atoms with E-state index in [2.05, 4.69) is 33.4 Å². The minimum absolute atomic E-state index is 0.119. The molecule has 1 N–H and O–H groups in total. The van der Waals surface area contributed by atoms with Gasteiger partial charge in [-0.3, -0.25) is 9.48 Å². The highest BCUT2D eigenvalue weighted by molar-refractivity contribution is 9.10.